The van der Waals surface area contributed by atoms with Crippen LogP contribution >= 0.6 is 0 Å². The first-order valence-corrected chi connectivity index (χ1v) is 11.6. The smallest absolute Gasteiger partial charge is 0.483 e. The fourth-order valence-electron chi connectivity index (χ4n) is 3.82. The van der Waals surface area contributed by atoms with Crippen LogP contribution in [-0.4, -0.2) is 37.4 Å². The van der Waals surface area contributed by atoms with Crippen LogP contribution in [0.3, 0.4) is 0 Å². The molecule has 1 heterocycles. The van der Waals surface area contributed by atoms with Crippen LogP contribution in [0.2, 0.25) is 0 Å². The molecular weight excluding hydrogens is 444 g/mol. The highest BCUT2D eigenvalue weighted by atomic mass is 16.7. The highest BCUT2D eigenvalue weighted by molar-refractivity contribution is 5.94. The molecular formula is C29H28O6. The Morgan fingerprint density at radius 1 is 0.829 bits per heavy atom. The first-order valence-electron chi connectivity index (χ1n) is 11.6. The number of rotatable bonds is 8. The van der Waals surface area contributed by atoms with E-state index in [2.05, 4.69) is 12.1 Å². The van der Waals surface area contributed by atoms with E-state index in [4.69, 9.17) is 18.9 Å². The Hall–Kier alpha value is -3.90. The summed E-state index contributed by atoms with van der Waals surface area (Å²) in [5, 5.41) is 0. The number of ether oxygens (including phenoxy) is 4. The minimum Gasteiger partial charge on any atom is -0.483 e. The SMILES string of the molecule is CCOC(=O)OC[C@H]1O[C@H](c2ccc(C(C)=O)cc2)C=C[C@H]1Oc1ccc(-c2ccccc2)cc1. The van der Waals surface area contributed by atoms with E-state index in [1.807, 2.05) is 66.7 Å². The molecule has 0 bridgehead atoms. The second-order valence-corrected chi connectivity index (χ2v) is 8.13. The summed E-state index contributed by atoms with van der Waals surface area (Å²) < 4.78 is 22.6. The molecule has 1 aliphatic rings. The summed E-state index contributed by atoms with van der Waals surface area (Å²) in [6.45, 7) is 3.44. The predicted molar refractivity (Wildman–Crippen MR) is 132 cm³/mol. The topological polar surface area (TPSA) is 71.1 Å². The van der Waals surface area contributed by atoms with Gasteiger partial charge in [-0.3, -0.25) is 4.79 Å². The number of ketones is 1. The monoisotopic (exact) mass is 472 g/mol. The summed E-state index contributed by atoms with van der Waals surface area (Å²) in [6, 6.07) is 25.2. The summed E-state index contributed by atoms with van der Waals surface area (Å²) in [7, 11) is 0. The van der Waals surface area contributed by atoms with Gasteiger partial charge in [-0.05, 0) is 48.7 Å². The van der Waals surface area contributed by atoms with Crippen molar-refractivity contribution >= 4 is 11.9 Å². The second kappa shape index (κ2) is 11.5. The molecule has 0 aromatic heterocycles. The fraction of sp³-hybridized carbons (Fsp3) is 0.241. The number of carbonyl (C=O) groups excluding carboxylic acids is 2. The molecule has 0 N–H and O–H groups in total. The van der Waals surface area contributed by atoms with Gasteiger partial charge in [-0.2, -0.15) is 0 Å². The van der Waals surface area contributed by atoms with E-state index in [9.17, 15) is 9.59 Å². The highest BCUT2D eigenvalue weighted by Crippen LogP contribution is 2.30. The van der Waals surface area contributed by atoms with Crippen molar-refractivity contribution in [3.05, 3.63) is 102 Å². The van der Waals surface area contributed by atoms with Gasteiger partial charge in [-0.25, -0.2) is 4.79 Å². The number of carbonyl (C=O) groups is 2. The van der Waals surface area contributed by atoms with E-state index in [1.165, 1.54) is 6.92 Å². The molecule has 0 radical (unpaired) electrons. The van der Waals surface area contributed by atoms with Crippen LogP contribution in [-0.2, 0) is 14.2 Å². The van der Waals surface area contributed by atoms with E-state index in [0.29, 0.717) is 11.3 Å². The van der Waals surface area contributed by atoms with Crippen molar-refractivity contribution in [3.8, 4) is 16.9 Å². The Kier molecular flexibility index (Phi) is 7.95. The summed E-state index contributed by atoms with van der Waals surface area (Å²) >= 11 is 0. The Bertz CT molecular complexity index is 1150. The standard InChI is InChI=1S/C29H28O6/c1-3-32-29(31)33-19-28-27(18-17-26(35-28)24-11-9-21(10-12-24)20(2)30)34-25-15-13-23(14-16-25)22-7-5-4-6-8-22/h4-18,26-28H,3,19H2,1-2H3/t26-,27+,28+/m0/s1. The van der Waals surface area contributed by atoms with Crippen molar-refractivity contribution < 1.29 is 28.5 Å². The average Bonchev–Trinajstić information content (AvgIpc) is 2.89. The molecule has 0 aliphatic carbocycles. The molecule has 6 nitrogen and oxygen atoms in total. The quantitative estimate of drug-likeness (QED) is 0.222. The first kappa shape index (κ1) is 24.2. The largest absolute Gasteiger partial charge is 0.508 e. The van der Waals surface area contributed by atoms with Crippen molar-refractivity contribution in [3.63, 3.8) is 0 Å². The van der Waals surface area contributed by atoms with Gasteiger partial charge in [0.1, 0.15) is 30.7 Å². The zero-order valence-corrected chi connectivity index (χ0v) is 19.8. The number of hydrogen-bond acceptors (Lipinski definition) is 6. The van der Waals surface area contributed by atoms with Crippen LogP contribution in [0.1, 0.15) is 35.9 Å². The molecule has 3 aromatic carbocycles. The van der Waals surface area contributed by atoms with Crippen molar-refractivity contribution in [1.82, 2.24) is 0 Å². The van der Waals surface area contributed by atoms with Crippen LogP contribution in [0, 0.1) is 0 Å². The van der Waals surface area contributed by atoms with Crippen LogP contribution in [0.4, 0.5) is 4.79 Å². The third-order valence-corrected chi connectivity index (χ3v) is 5.67. The Labute approximate surface area is 205 Å². The lowest BCUT2D eigenvalue weighted by atomic mass is 10.0. The molecule has 0 fully saturated rings. The lowest BCUT2D eigenvalue weighted by molar-refractivity contribution is -0.0823. The maximum atomic E-state index is 11.8. The van der Waals surface area contributed by atoms with E-state index in [0.717, 1.165) is 16.7 Å². The van der Waals surface area contributed by atoms with E-state index < -0.39 is 18.4 Å². The number of hydrogen-bond donors (Lipinski definition) is 0. The summed E-state index contributed by atoms with van der Waals surface area (Å²) in [5.41, 5.74) is 3.73. The van der Waals surface area contributed by atoms with Gasteiger partial charge >= 0.3 is 6.16 Å². The normalized spacial score (nSPS) is 19.1. The van der Waals surface area contributed by atoms with Crippen molar-refractivity contribution in [2.45, 2.75) is 32.2 Å². The summed E-state index contributed by atoms with van der Waals surface area (Å²) in [6.07, 6.45) is 1.67. The molecule has 1 aliphatic heterocycles. The Morgan fingerprint density at radius 2 is 1.51 bits per heavy atom. The van der Waals surface area contributed by atoms with Crippen molar-refractivity contribution in [1.29, 1.82) is 0 Å². The van der Waals surface area contributed by atoms with Crippen LogP contribution in [0.5, 0.6) is 5.75 Å². The molecule has 4 rings (SSSR count). The third kappa shape index (κ3) is 6.37. The maximum absolute atomic E-state index is 11.8. The van der Waals surface area contributed by atoms with Crippen LogP contribution < -0.4 is 4.74 Å². The molecule has 180 valence electrons. The molecule has 6 heteroatoms. The van der Waals surface area contributed by atoms with Crippen molar-refractivity contribution in [2.24, 2.45) is 0 Å². The lowest BCUT2D eigenvalue weighted by Crippen LogP contribution is -2.40. The first-order chi connectivity index (χ1) is 17.0. The molecule has 3 atom stereocenters. The molecule has 0 unspecified atom stereocenters. The Balaban J connectivity index is 1.49. The minimum absolute atomic E-state index is 0.00381. The second-order valence-electron chi connectivity index (χ2n) is 8.13. The molecule has 0 amide bonds. The summed E-state index contributed by atoms with van der Waals surface area (Å²) in [5.74, 6) is 0.678. The van der Waals surface area contributed by atoms with E-state index in [-0.39, 0.29) is 25.1 Å². The van der Waals surface area contributed by atoms with E-state index in [1.54, 1.807) is 19.1 Å². The molecule has 0 spiro atoms. The number of Topliss-reactive ketones (excluding diaryl/α,β-unsaturated/α-hetero) is 1. The van der Waals surface area contributed by atoms with E-state index >= 15 is 0 Å². The van der Waals surface area contributed by atoms with Gasteiger partial charge in [0.15, 0.2) is 5.78 Å². The highest BCUT2D eigenvalue weighted by Gasteiger charge is 2.31. The molecule has 35 heavy (non-hydrogen) atoms. The van der Waals surface area contributed by atoms with Gasteiger partial charge < -0.3 is 18.9 Å². The van der Waals surface area contributed by atoms with Crippen LogP contribution in [0.25, 0.3) is 11.1 Å². The Morgan fingerprint density at radius 3 is 2.17 bits per heavy atom. The van der Waals surface area contributed by atoms with Gasteiger partial charge in [0, 0.05) is 5.56 Å². The predicted octanol–water partition coefficient (Wildman–Crippen LogP) is 6.17. The van der Waals surface area contributed by atoms with Crippen molar-refractivity contribution in [2.75, 3.05) is 13.2 Å². The lowest BCUT2D eigenvalue weighted by Gasteiger charge is -2.32. The van der Waals surface area contributed by atoms with Gasteiger partial charge in [0.2, 0.25) is 0 Å². The fourth-order valence-corrected chi connectivity index (χ4v) is 3.82. The maximum Gasteiger partial charge on any atom is 0.508 e. The molecule has 0 saturated carbocycles. The van der Waals surface area contributed by atoms with Gasteiger partial charge in [0.05, 0.1) is 6.61 Å². The number of benzene rings is 3. The molecule has 0 saturated heterocycles. The van der Waals surface area contributed by atoms with Gasteiger partial charge in [-0.15, -0.1) is 0 Å². The zero-order valence-electron chi connectivity index (χ0n) is 19.8. The summed E-state index contributed by atoms with van der Waals surface area (Å²) in [4.78, 5) is 23.4. The van der Waals surface area contributed by atoms with Gasteiger partial charge in [0.25, 0.3) is 0 Å². The van der Waals surface area contributed by atoms with Crippen LogP contribution in [0.15, 0.2) is 91.0 Å². The average molecular weight is 473 g/mol. The minimum atomic E-state index is -0.751. The zero-order chi connectivity index (χ0) is 24.6. The third-order valence-electron chi connectivity index (χ3n) is 5.67. The van der Waals surface area contributed by atoms with Gasteiger partial charge in [-0.1, -0.05) is 72.8 Å². The molecule has 3 aromatic rings.